The maximum Gasteiger partial charge on any atom is 0.242 e. The Kier molecular flexibility index (Phi) is 8.97. The van der Waals surface area contributed by atoms with E-state index in [0.29, 0.717) is 13.0 Å². The average molecular weight is 502 g/mol. The van der Waals surface area contributed by atoms with Gasteiger partial charge in [-0.1, -0.05) is 54.2 Å². The summed E-state index contributed by atoms with van der Waals surface area (Å²) in [7, 11) is 0. The van der Waals surface area contributed by atoms with Crippen molar-refractivity contribution in [3.8, 4) is 0 Å². The maximum atomic E-state index is 13.5. The molecule has 1 aromatic heterocycles. The van der Waals surface area contributed by atoms with Crippen molar-refractivity contribution >= 4 is 27.7 Å². The largest absolute Gasteiger partial charge is 0.345 e. The summed E-state index contributed by atoms with van der Waals surface area (Å²) in [5.41, 5.74) is 2.35. The lowest BCUT2D eigenvalue weighted by Gasteiger charge is -2.37. The number of aromatic nitrogens is 1. The number of hydrogen-bond donors (Lipinski definition) is 0. The highest BCUT2D eigenvalue weighted by molar-refractivity contribution is 9.10. The number of amides is 2. The van der Waals surface area contributed by atoms with E-state index in [1.807, 2.05) is 25.7 Å². The smallest absolute Gasteiger partial charge is 0.242 e. The molecule has 5 nitrogen and oxygen atoms in total. The third kappa shape index (κ3) is 6.47. The average Bonchev–Trinajstić information content (AvgIpc) is 3.23. The quantitative estimate of drug-likeness (QED) is 0.448. The molecule has 1 fully saturated rings. The minimum Gasteiger partial charge on any atom is -0.345 e. The molecule has 0 atom stereocenters. The van der Waals surface area contributed by atoms with Crippen molar-refractivity contribution in [2.75, 3.05) is 6.54 Å². The van der Waals surface area contributed by atoms with Gasteiger partial charge in [-0.05, 0) is 56.5 Å². The van der Waals surface area contributed by atoms with Gasteiger partial charge in [0, 0.05) is 41.4 Å². The van der Waals surface area contributed by atoms with Crippen molar-refractivity contribution in [2.45, 2.75) is 84.5 Å². The molecule has 0 unspecified atom stereocenters. The van der Waals surface area contributed by atoms with Crippen LogP contribution in [0.3, 0.4) is 0 Å². The first kappa shape index (κ1) is 24.6. The summed E-state index contributed by atoms with van der Waals surface area (Å²) in [6, 6.07) is 12.8. The highest BCUT2D eigenvalue weighted by atomic mass is 79.9. The molecule has 1 aliphatic rings. The van der Waals surface area contributed by atoms with E-state index in [4.69, 9.17) is 0 Å². The standard InChI is InChI=1S/C26H36BrN3O2/c1-4-25(31)29(20(2)3)19-26(32)30(23-9-6-5-7-10-23)18-24-11-8-16-28(24)17-21-12-14-22(27)15-13-21/h8,11-16,20,23H,4-7,9-10,17-19H2,1-3H3. The molecule has 1 aromatic carbocycles. The number of nitrogens with zero attached hydrogens (tertiary/aromatic N) is 3. The predicted molar refractivity (Wildman–Crippen MR) is 132 cm³/mol. The van der Waals surface area contributed by atoms with Crippen LogP contribution in [0.15, 0.2) is 47.1 Å². The van der Waals surface area contributed by atoms with Crippen LogP contribution in [0.2, 0.25) is 0 Å². The molecule has 6 heteroatoms. The summed E-state index contributed by atoms with van der Waals surface area (Å²) in [4.78, 5) is 29.7. The fourth-order valence-corrected chi connectivity index (χ4v) is 4.78. The number of carbonyl (C=O) groups is 2. The van der Waals surface area contributed by atoms with Gasteiger partial charge in [0.15, 0.2) is 0 Å². The molecule has 3 rings (SSSR count). The van der Waals surface area contributed by atoms with Crippen molar-refractivity contribution < 1.29 is 9.59 Å². The SMILES string of the molecule is CCC(=O)N(CC(=O)N(Cc1cccn1Cc1ccc(Br)cc1)C1CCCCC1)C(C)C. The predicted octanol–water partition coefficient (Wildman–Crippen LogP) is 5.61. The number of carbonyl (C=O) groups excluding carboxylic acids is 2. The van der Waals surface area contributed by atoms with Crippen LogP contribution < -0.4 is 0 Å². The van der Waals surface area contributed by atoms with Crippen molar-refractivity contribution in [3.05, 3.63) is 58.3 Å². The number of rotatable bonds is 9. The lowest BCUT2D eigenvalue weighted by atomic mass is 9.94. The molecule has 0 bridgehead atoms. The Bertz CT molecular complexity index is 885. The van der Waals surface area contributed by atoms with E-state index >= 15 is 0 Å². The second-order valence-electron chi connectivity index (χ2n) is 9.04. The molecule has 32 heavy (non-hydrogen) atoms. The molecule has 2 amide bonds. The first-order chi connectivity index (χ1) is 15.4. The van der Waals surface area contributed by atoms with Crippen molar-refractivity contribution in [1.29, 1.82) is 0 Å². The maximum absolute atomic E-state index is 13.5. The minimum absolute atomic E-state index is 0.0147. The molecular weight excluding hydrogens is 466 g/mol. The van der Waals surface area contributed by atoms with Gasteiger partial charge in [0.1, 0.15) is 0 Å². The van der Waals surface area contributed by atoms with Gasteiger partial charge in [-0.25, -0.2) is 0 Å². The van der Waals surface area contributed by atoms with E-state index in [9.17, 15) is 9.59 Å². The van der Waals surface area contributed by atoms with Crippen molar-refractivity contribution in [1.82, 2.24) is 14.4 Å². The molecule has 2 aromatic rings. The first-order valence-electron chi connectivity index (χ1n) is 11.9. The molecule has 0 saturated heterocycles. The van der Waals surface area contributed by atoms with Gasteiger partial charge in [-0.3, -0.25) is 9.59 Å². The highest BCUT2D eigenvalue weighted by Crippen LogP contribution is 2.25. The molecule has 0 N–H and O–H groups in total. The lowest BCUT2D eigenvalue weighted by molar-refractivity contribution is -0.144. The Hall–Kier alpha value is -2.08. The number of hydrogen-bond acceptors (Lipinski definition) is 2. The van der Waals surface area contributed by atoms with Crippen LogP contribution in [0.5, 0.6) is 0 Å². The fraction of sp³-hybridized carbons (Fsp3) is 0.538. The summed E-state index contributed by atoms with van der Waals surface area (Å²) in [6.45, 7) is 7.34. The van der Waals surface area contributed by atoms with Crippen LogP contribution >= 0.6 is 15.9 Å². The highest BCUT2D eigenvalue weighted by Gasteiger charge is 2.29. The second kappa shape index (κ2) is 11.7. The third-order valence-electron chi connectivity index (χ3n) is 6.41. The van der Waals surface area contributed by atoms with Crippen LogP contribution in [0.1, 0.15) is 70.6 Å². The topological polar surface area (TPSA) is 45.6 Å². The van der Waals surface area contributed by atoms with Crippen molar-refractivity contribution in [3.63, 3.8) is 0 Å². The molecule has 174 valence electrons. The Morgan fingerprint density at radius 2 is 1.75 bits per heavy atom. The molecule has 1 heterocycles. The van der Waals surface area contributed by atoms with Crippen LogP contribution in [-0.2, 0) is 22.7 Å². The van der Waals surface area contributed by atoms with E-state index < -0.39 is 0 Å². The van der Waals surface area contributed by atoms with Gasteiger partial charge >= 0.3 is 0 Å². The molecule has 1 aliphatic carbocycles. The van der Waals surface area contributed by atoms with E-state index in [0.717, 1.165) is 42.4 Å². The molecule has 0 spiro atoms. The Labute approximate surface area is 200 Å². The van der Waals surface area contributed by atoms with E-state index in [1.165, 1.54) is 12.0 Å². The summed E-state index contributed by atoms with van der Waals surface area (Å²) in [5, 5.41) is 0. The van der Waals surface area contributed by atoms with E-state index in [1.54, 1.807) is 4.90 Å². The van der Waals surface area contributed by atoms with Gasteiger partial charge in [-0.2, -0.15) is 0 Å². The van der Waals surface area contributed by atoms with Crippen molar-refractivity contribution in [2.24, 2.45) is 0 Å². The van der Waals surface area contributed by atoms with Gasteiger partial charge in [0.05, 0.1) is 13.1 Å². The Morgan fingerprint density at radius 1 is 1.06 bits per heavy atom. The first-order valence-corrected chi connectivity index (χ1v) is 12.7. The monoisotopic (exact) mass is 501 g/mol. The Morgan fingerprint density at radius 3 is 2.38 bits per heavy atom. The zero-order valence-electron chi connectivity index (χ0n) is 19.6. The minimum atomic E-state index is 0.0147. The molecular formula is C26H36BrN3O2. The molecule has 1 saturated carbocycles. The normalized spacial score (nSPS) is 14.5. The zero-order chi connectivity index (χ0) is 23.1. The lowest BCUT2D eigenvalue weighted by Crippen LogP contribution is -2.49. The van der Waals surface area contributed by atoms with Crippen LogP contribution in [0.25, 0.3) is 0 Å². The fourth-order valence-electron chi connectivity index (χ4n) is 4.52. The summed E-state index contributed by atoms with van der Waals surface area (Å²) < 4.78 is 3.29. The van der Waals surface area contributed by atoms with E-state index in [-0.39, 0.29) is 30.4 Å². The summed E-state index contributed by atoms with van der Waals surface area (Å²) in [6.07, 6.45) is 8.16. The van der Waals surface area contributed by atoms with Gasteiger partial charge in [0.2, 0.25) is 11.8 Å². The van der Waals surface area contributed by atoms with Crippen LogP contribution in [-0.4, -0.2) is 44.8 Å². The molecule has 0 aliphatic heterocycles. The van der Waals surface area contributed by atoms with E-state index in [2.05, 4.69) is 63.1 Å². The summed E-state index contributed by atoms with van der Waals surface area (Å²) >= 11 is 3.50. The van der Waals surface area contributed by atoms with Gasteiger partial charge in [0.25, 0.3) is 0 Å². The van der Waals surface area contributed by atoms with Crippen LogP contribution in [0, 0.1) is 0 Å². The Balaban J connectivity index is 1.79. The second-order valence-corrected chi connectivity index (χ2v) is 9.95. The molecule has 0 radical (unpaired) electrons. The van der Waals surface area contributed by atoms with Crippen LogP contribution in [0.4, 0.5) is 0 Å². The number of benzene rings is 1. The number of halogens is 1. The zero-order valence-corrected chi connectivity index (χ0v) is 21.2. The van der Waals surface area contributed by atoms with Gasteiger partial charge in [-0.15, -0.1) is 0 Å². The van der Waals surface area contributed by atoms with Gasteiger partial charge < -0.3 is 14.4 Å². The third-order valence-corrected chi connectivity index (χ3v) is 6.94. The summed E-state index contributed by atoms with van der Waals surface area (Å²) in [5.74, 6) is 0.0966.